The fourth-order valence-corrected chi connectivity index (χ4v) is 4.16. The molecule has 2 aromatic rings. The van der Waals surface area contributed by atoms with Gasteiger partial charge in [-0.15, -0.1) is 0 Å². The van der Waals surface area contributed by atoms with Crippen molar-refractivity contribution in [1.82, 2.24) is 9.80 Å². The Hall–Kier alpha value is -2.08. The molecule has 1 spiro atoms. The summed E-state index contributed by atoms with van der Waals surface area (Å²) in [7, 11) is 0. The molecule has 6 heteroatoms. The molecule has 4 rings (SSSR count). The number of hydrogen-bond donors (Lipinski definition) is 0. The number of nitrogens with zero attached hydrogens (tertiary/aromatic N) is 2. The molecule has 0 aliphatic carbocycles. The molecule has 25 heavy (non-hydrogen) atoms. The minimum atomic E-state index is -0.878. The van der Waals surface area contributed by atoms with E-state index in [1.807, 2.05) is 19.1 Å². The Morgan fingerprint density at radius 2 is 2.20 bits per heavy atom. The molecule has 2 fully saturated rings. The van der Waals surface area contributed by atoms with Crippen LogP contribution in [0.1, 0.15) is 34.9 Å². The first-order valence-corrected chi connectivity index (χ1v) is 8.80. The van der Waals surface area contributed by atoms with E-state index in [1.54, 1.807) is 17.0 Å². The average Bonchev–Trinajstić information content (AvgIpc) is 3.32. The van der Waals surface area contributed by atoms with Crippen molar-refractivity contribution >= 4 is 5.91 Å². The average molecular weight is 346 g/mol. The first kappa shape index (κ1) is 16.4. The van der Waals surface area contributed by atoms with Gasteiger partial charge in [0.05, 0.1) is 12.8 Å². The zero-order valence-corrected chi connectivity index (χ0v) is 14.4. The Balaban J connectivity index is 1.45. The van der Waals surface area contributed by atoms with Crippen LogP contribution in [0.3, 0.4) is 0 Å². The second-order valence-electron chi connectivity index (χ2n) is 7.30. The summed E-state index contributed by atoms with van der Waals surface area (Å²) >= 11 is 0. The maximum Gasteiger partial charge on any atom is 0.289 e. The Bertz CT molecular complexity index is 742. The SMILES string of the molecule is Cc1ccc(CN2CC[C@@H](F)[C@@]3(CCN(C(=O)c4ccco4)C3)C2)o1. The van der Waals surface area contributed by atoms with Gasteiger partial charge in [-0.3, -0.25) is 9.69 Å². The van der Waals surface area contributed by atoms with E-state index >= 15 is 0 Å². The van der Waals surface area contributed by atoms with Crippen LogP contribution in [-0.4, -0.2) is 48.1 Å². The monoisotopic (exact) mass is 346 g/mol. The van der Waals surface area contributed by atoms with Gasteiger partial charge in [-0.1, -0.05) is 0 Å². The molecule has 5 nitrogen and oxygen atoms in total. The minimum absolute atomic E-state index is 0.146. The molecule has 0 saturated carbocycles. The summed E-state index contributed by atoms with van der Waals surface area (Å²) in [5, 5.41) is 0. The number of amides is 1. The number of halogens is 1. The summed E-state index contributed by atoms with van der Waals surface area (Å²) in [5.41, 5.74) is -0.484. The lowest BCUT2D eigenvalue weighted by molar-refractivity contribution is 0.00394. The molecule has 1 amide bonds. The first-order valence-electron chi connectivity index (χ1n) is 8.80. The van der Waals surface area contributed by atoms with Gasteiger partial charge in [0, 0.05) is 31.6 Å². The number of alkyl halides is 1. The number of rotatable bonds is 3. The summed E-state index contributed by atoms with van der Waals surface area (Å²) in [4.78, 5) is 16.5. The fourth-order valence-electron chi connectivity index (χ4n) is 4.16. The second kappa shape index (κ2) is 6.33. The minimum Gasteiger partial charge on any atom is -0.465 e. The Morgan fingerprint density at radius 1 is 1.32 bits per heavy atom. The van der Waals surface area contributed by atoms with Crippen LogP contribution in [0.2, 0.25) is 0 Å². The van der Waals surface area contributed by atoms with Gasteiger partial charge in [0.2, 0.25) is 0 Å². The number of carbonyl (C=O) groups is 1. The number of furan rings is 2. The lowest BCUT2D eigenvalue weighted by Gasteiger charge is -2.42. The maximum atomic E-state index is 14.8. The van der Waals surface area contributed by atoms with Gasteiger partial charge in [-0.2, -0.15) is 0 Å². The molecule has 2 aliphatic heterocycles. The summed E-state index contributed by atoms with van der Waals surface area (Å²) in [6.07, 6.45) is 1.80. The van der Waals surface area contributed by atoms with Crippen LogP contribution in [-0.2, 0) is 6.54 Å². The molecule has 0 aromatic carbocycles. The molecule has 2 aliphatic rings. The van der Waals surface area contributed by atoms with Gasteiger partial charge in [0.1, 0.15) is 17.7 Å². The van der Waals surface area contributed by atoms with E-state index in [9.17, 15) is 9.18 Å². The molecule has 0 radical (unpaired) electrons. The van der Waals surface area contributed by atoms with Crippen LogP contribution in [0.15, 0.2) is 39.4 Å². The maximum absolute atomic E-state index is 14.8. The van der Waals surface area contributed by atoms with Gasteiger partial charge >= 0.3 is 0 Å². The van der Waals surface area contributed by atoms with E-state index in [-0.39, 0.29) is 5.91 Å². The molecule has 134 valence electrons. The van der Waals surface area contributed by atoms with Gasteiger partial charge < -0.3 is 13.7 Å². The van der Waals surface area contributed by atoms with Crippen LogP contribution >= 0.6 is 0 Å². The van der Waals surface area contributed by atoms with Crippen molar-refractivity contribution in [1.29, 1.82) is 0 Å². The topological polar surface area (TPSA) is 49.8 Å². The van der Waals surface area contributed by atoms with Crippen molar-refractivity contribution < 1.29 is 18.0 Å². The molecule has 0 N–H and O–H groups in total. The van der Waals surface area contributed by atoms with Crippen molar-refractivity contribution in [2.45, 2.75) is 32.5 Å². The number of aryl methyl sites for hydroxylation is 1. The lowest BCUT2D eigenvalue weighted by atomic mass is 9.77. The summed E-state index contributed by atoms with van der Waals surface area (Å²) < 4.78 is 25.7. The van der Waals surface area contributed by atoms with Gasteiger partial charge in [-0.25, -0.2) is 4.39 Å². The van der Waals surface area contributed by atoms with Crippen LogP contribution in [0.4, 0.5) is 4.39 Å². The molecule has 2 saturated heterocycles. The fraction of sp³-hybridized carbons (Fsp3) is 0.526. The van der Waals surface area contributed by atoms with Crippen molar-refractivity contribution in [2.75, 3.05) is 26.2 Å². The normalized spacial score (nSPS) is 27.3. The third-order valence-electron chi connectivity index (χ3n) is 5.48. The Labute approximate surface area is 146 Å². The molecule has 2 atom stereocenters. The number of piperidine rings is 1. The van der Waals surface area contributed by atoms with E-state index in [0.717, 1.165) is 18.1 Å². The van der Waals surface area contributed by atoms with Crippen LogP contribution in [0.5, 0.6) is 0 Å². The lowest BCUT2D eigenvalue weighted by Crippen LogP contribution is -2.51. The van der Waals surface area contributed by atoms with E-state index in [4.69, 9.17) is 8.83 Å². The van der Waals surface area contributed by atoms with Crippen LogP contribution < -0.4 is 0 Å². The number of hydrogen-bond acceptors (Lipinski definition) is 4. The molecular formula is C19H23FN2O3. The highest BCUT2D eigenvalue weighted by molar-refractivity contribution is 5.91. The molecular weight excluding hydrogens is 323 g/mol. The van der Waals surface area contributed by atoms with Crippen molar-refractivity contribution in [2.24, 2.45) is 5.41 Å². The second-order valence-corrected chi connectivity index (χ2v) is 7.30. The molecule has 2 aromatic heterocycles. The standard InChI is InChI=1S/C19H23FN2O3/c1-14-4-5-15(25-14)11-21-8-6-17(20)19(12-21)7-9-22(13-19)18(23)16-3-2-10-24-16/h2-5,10,17H,6-9,11-13H2,1H3/t17-,19+/m1/s1. The number of carbonyl (C=O) groups excluding carboxylic acids is 1. The highest BCUT2D eigenvalue weighted by Gasteiger charge is 2.49. The predicted molar refractivity (Wildman–Crippen MR) is 89.9 cm³/mol. The Morgan fingerprint density at radius 3 is 2.92 bits per heavy atom. The molecule has 0 bridgehead atoms. The van der Waals surface area contributed by atoms with Crippen LogP contribution in [0, 0.1) is 12.3 Å². The van der Waals surface area contributed by atoms with Crippen molar-refractivity contribution in [3.05, 3.63) is 47.8 Å². The zero-order valence-electron chi connectivity index (χ0n) is 14.4. The van der Waals surface area contributed by atoms with Crippen molar-refractivity contribution in [3.63, 3.8) is 0 Å². The summed E-state index contributed by atoms with van der Waals surface area (Å²) in [6, 6.07) is 7.29. The first-order chi connectivity index (χ1) is 12.1. The third kappa shape index (κ3) is 3.11. The zero-order chi connectivity index (χ0) is 17.4. The van der Waals surface area contributed by atoms with E-state index < -0.39 is 11.6 Å². The number of likely N-dealkylation sites (tertiary alicyclic amines) is 2. The third-order valence-corrected chi connectivity index (χ3v) is 5.48. The van der Waals surface area contributed by atoms with E-state index in [2.05, 4.69) is 4.90 Å². The van der Waals surface area contributed by atoms with Gasteiger partial charge in [0.25, 0.3) is 5.91 Å². The van der Waals surface area contributed by atoms with Crippen LogP contribution in [0.25, 0.3) is 0 Å². The smallest absolute Gasteiger partial charge is 0.289 e. The van der Waals surface area contributed by atoms with E-state index in [0.29, 0.717) is 44.8 Å². The highest BCUT2D eigenvalue weighted by atomic mass is 19.1. The quantitative estimate of drug-likeness (QED) is 0.856. The van der Waals surface area contributed by atoms with Crippen molar-refractivity contribution in [3.8, 4) is 0 Å². The predicted octanol–water partition coefficient (Wildman–Crippen LogP) is 3.26. The summed E-state index contributed by atoms with van der Waals surface area (Å²) in [6.45, 7) is 5.00. The van der Waals surface area contributed by atoms with E-state index in [1.165, 1.54) is 6.26 Å². The largest absolute Gasteiger partial charge is 0.465 e. The summed E-state index contributed by atoms with van der Waals surface area (Å²) in [5.74, 6) is 1.98. The Kier molecular flexibility index (Phi) is 4.15. The molecule has 4 heterocycles. The van der Waals surface area contributed by atoms with Gasteiger partial charge in [0.15, 0.2) is 5.76 Å². The molecule has 0 unspecified atom stereocenters. The van der Waals surface area contributed by atoms with Gasteiger partial charge in [-0.05, 0) is 44.0 Å². The highest BCUT2D eigenvalue weighted by Crippen LogP contribution is 2.41.